The quantitative estimate of drug-likeness (QED) is 0.780. The zero-order valence-corrected chi connectivity index (χ0v) is 11.6. The Hall–Kier alpha value is -2.98. The van der Waals surface area contributed by atoms with Crippen molar-refractivity contribution >= 4 is 0 Å². The van der Waals surface area contributed by atoms with Gasteiger partial charge in [-0.2, -0.15) is 23.3 Å². The maximum Gasteiger partial charge on any atom is 0.435 e. The molecule has 3 aromatic rings. The average Bonchev–Trinajstić information content (AvgIpc) is 3.05. The molecule has 0 aliphatic heterocycles. The lowest BCUT2D eigenvalue weighted by molar-refractivity contribution is -0.141. The van der Waals surface area contributed by atoms with Crippen LogP contribution in [0.2, 0.25) is 0 Å². The van der Waals surface area contributed by atoms with E-state index in [0.717, 1.165) is 4.68 Å². The van der Waals surface area contributed by atoms with E-state index in [9.17, 15) is 18.0 Å². The number of halogens is 3. The van der Waals surface area contributed by atoms with Crippen molar-refractivity contribution in [3.63, 3.8) is 0 Å². The maximum atomic E-state index is 12.7. The van der Waals surface area contributed by atoms with Crippen LogP contribution >= 0.6 is 0 Å². The second-order valence-corrected chi connectivity index (χ2v) is 4.66. The molecule has 0 bridgehead atoms. The number of aromatic amines is 1. The number of rotatable bonds is 3. The molecular formula is C12H9F3N6O2. The standard InChI is InChI=1S/C12H9F3N6O2/c1-6-3-21(19-10(6)12(13,14)15)4-9-18-11(20-23-9)7-2-8(22)17-5-16-7/h2-3,5H,4H2,1H3,(H,16,17,22). The highest BCUT2D eigenvalue weighted by Crippen LogP contribution is 2.30. The SMILES string of the molecule is Cc1cn(Cc2nc(-c3cc(=O)[nH]cn3)no2)nc1C(F)(F)F. The summed E-state index contributed by atoms with van der Waals surface area (Å²) in [5, 5.41) is 7.10. The predicted molar refractivity (Wildman–Crippen MR) is 69.2 cm³/mol. The summed E-state index contributed by atoms with van der Waals surface area (Å²) in [4.78, 5) is 21.4. The Morgan fingerprint density at radius 2 is 2.17 bits per heavy atom. The van der Waals surface area contributed by atoms with Gasteiger partial charge in [0.15, 0.2) is 5.69 Å². The smallest absolute Gasteiger partial charge is 0.337 e. The molecule has 3 rings (SSSR count). The summed E-state index contributed by atoms with van der Waals surface area (Å²) in [5.74, 6) is 0.101. The molecule has 1 N–H and O–H groups in total. The van der Waals surface area contributed by atoms with Crippen LogP contribution in [0.1, 0.15) is 17.1 Å². The van der Waals surface area contributed by atoms with Gasteiger partial charge in [0.05, 0.1) is 6.33 Å². The van der Waals surface area contributed by atoms with E-state index in [1.165, 1.54) is 25.5 Å². The van der Waals surface area contributed by atoms with Crippen molar-refractivity contribution in [3.05, 3.63) is 46.1 Å². The van der Waals surface area contributed by atoms with Crippen LogP contribution in [-0.2, 0) is 12.7 Å². The van der Waals surface area contributed by atoms with E-state index < -0.39 is 11.9 Å². The Morgan fingerprint density at radius 3 is 2.83 bits per heavy atom. The van der Waals surface area contributed by atoms with Gasteiger partial charge in [0.2, 0.25) is 11.7 Å². The van der Waals surface area contributed by atoms with E-state index >= 15 is 0 Å². The highest BCUT2D eigenvalue weighted by molar-refractivity contribution is 5.46. The van der Waals surface area contributed by atoms with Gasteiger partial charge in [0.25, 0.3) is 5.56 Å². The highest BCUT2D eigenvalue weighted by atomic mass is 19.4. The summed E-state index contributed by atoms with van der Waals surface area (Å²) in [6, 6.07) is 1.18. The van der Waals surface area contributed by atoms with Crippen molar-refractivity contribution in [1.82, 2.24) is 29.9 Å². The zero-order valence-electron chi connectivity index (χ0n) is 11.6. The predicted octanol–water partition coefficient (Wildman–Crippen LogP) is 1.39. The van der Waals surface area contributed by atoms with Crippen molar-refractivity contribution in [1.29, 1.82) is 0 Å². The summed E-state index contributed by atoms with van der Waals surface area (Å²) in [7, 11) is 0. The van der Waals surface area contributed by atoms with Crippen LogP contribution < -0.4 is 5.56 Å². The topological polar surface area (TPSA) is 102 Å². The largest absolute Gasteiger partial charge is 0.435 e. The van der Waals surface area contributed by atoms with E-state index in [1.807, 2.05) is 0 Å². The molecule has 0 saturated heterocycles. The Kier molecular flexibility index (Phi) is 3.47. The Morgan fingerprint density at radius 1 is 1.39 bits per heavy atom. The molecule has 11 heteroatoms. The minimum absolute atomic E-state index is 0.00602. The molecule has 0 aromatic carbocycles. The molecule has 120 valence electrons. The first-order valence-electron chi connectivity index (χ1n) is 6.32. The first-order chi connectivity index (χ1) is 10.8. The molecule has 0 fully saturated rings. The van der Waals surface area contributed by atoms with Crippen LogP contribution in [0.15, 0.2) is 27.9 Å². The minimum Gasteiger partial charge on any atom is -0.337 e. The van der Waals surface area contributed by atoms with Gasteiger partial charge in [-0.15, -0.1) is 0 Å². The monoisotopic (exact) mass is 326 g/mol. The second kappa shape index (κ2) is 5.34. The van der Waals surface area contributed by atoms with Crippen molar-refractivity contribution < 1.29 is 17.7 Å². The van der Waals surface area contributed by atoms with E-state index in [-0.39, 0.29) is 35.1 Å². The first kappa shape index (κ1) is 14.9. The number of H-pyrrole nitrogens is 1. The summed E-state index contributed by atoms with van der Waals surface area (Å²) < 4.78 is 44.1. The van der Waals surface area contributed by atoms with Crippen LogP contribution in [0.3, 0.4) is 0 Å². The summed E-state index contributed by atoms with van der Waals surface area (Å²) in [6.07, 6.45) is -2.11. The fourth-order valence-corrected chi connectivity index (χ4v) is 1.93. The molecule has 8 nitrogen and oxygen atoms in total. The van der Waals surface area contributed by atoms with E-state index in [4.69, 9.17) is 4.52 Å². The molecule has 23 heavy (non-hydrogen) atoms. The van der Waals surface area contributed by atoms with Crippen LogP contribution in [0.5, 0.6) is 0 Å². The van der Waals surface area contributed by atoms with Gasteiger partial charge >= 0.3 is 6.18 Å². The normalized spacial score (nSPS) is 11.8. The number of aryl methyl sites for hydroxylation is 1. The molecule has 0 atom stereocenters. The average molecular weight is 326 g/mol. The fraction of sp³-hybridized carbons (Fsp3) is 0.250. The van der Waals surface area contributed by atoms with Gasteiger partial charge in [-0.3, -0.25) is 9.48 Å². The van der Waals surface area contributed by atoms with E-state index in [1.54, 1.807) is 0 Å². The fourth-order valence-electron chi connectivity index (χ4n) is 1.93. The Bertz CT molecular complexity index is 895. The Labute approximate surface area is 126 Å². The number of alkyl halides is 3. The van der Waals surface area contributed by atoms with Crippen molar-refractivity contribution in [2.75, 3.05) is 0 Å². The molecule has 0 aliphatic carbocycles. The first-order valence-corrected chi connectivity index (χ1v) is 6.32. The van der Waals surface area contributed by atoms with Crippen LogP contribution in [0, 0.1) is 6.92 Å². The third-order valence-electron chi connectivity index (χ3n) is 2.89. The molecule has 3 heterocycles. The molecule has 0 unspecified atom stereocenters. The molecule has 0 radical (unpaired) electrons. The van der Waals surface area contributed by atoms with E-state index in [2.05, 4.69) is 25.2 Å². The lowest BCUT2D eigenvalue weighted by Gasteiger charge is -2.02. The highest BCUT2D eigenvalue weighted by Gasteiger charge is 2.36. The lowest BCUT2D eigenvalue weighted by atomic mass is 10.3. The molecule has 0 saturated carbocycles. The summed E-state index contributed by atoms with van der Waals surface area (Å²) in [5.41, 5.74) is -1.17. The number of nitrogens with zero attached hydrogens (tertiary/aromatic N) is 5. The molecule has 0 aliphatic rings. The van der Waals surface area contributed by atoms with Crippen molar-refractivity contribution in [3.8, 4) is 11.5 Å². The summed E-state index contributed by atoms with van der Waals surface area (Å²) >= 11 is 0. The Balaban J connectivity index is 1.84. The van der Waals surface area contributed by atoms with Crippen LogP contribution in [0.25, 0.3) is 11.5 Å². The molecule has 3 aromatic heterocycles. The van der Waals surface area contributed by atoms with Gasteiger partial charge in [-0.05, 0) is 12.5 Å². The number of hydrogen-bond acceptors (Lipinski definition) is 6. The van der Waals surface area contributed by atoms with Crippen molar-refractivity contribution in [2.45, 2.75) is 19.6 Å². The zero-order chi connectivity index (χ0) is 16.6. The van der Waals surface area contributed by atoms with Crippen LogP contribution in [0.4, 0.5) is 13.2 Å². The molecular weight excluding hydrogens is 317 g/mol. The lowest BCUT2D eigenvalue weighted by Crippen LogP contribution is -2.09. The number of nitrogens with one attached hydrogen (secondary N) is 1. The van der Waals surface area contributed by atoms with E-state index in [0.29, 0.717) is 0 Å². The van der Waals surface area contributed by atoms with Crippen LogP contribution in [-0.4, -0.2) is 29.9 Å². The number of aromatic nitrogens is 6. The molecule has 0 amide bonds. The minimum atomic E-state index is -4.52. The second-order valence-electron chi connectivity index (χ2n) is 4.66. The van der Waals surface area contributed by atoms with Gasteiger partial charge in [0, 0.05) is 12.3 Å². The third-order valence-corrected chi connectivity index (χ3v) is 2.89. The van der Waals surface area contributed by atoms with Gasteiger partial charge in [-0.25, -0.2) is 4.98 Å². The molecule has 0 spiro atoms. The van der Waals surface area contributed by atoms with Crippen molar-refractivity contribution in [2.24, 2.45) is 0 Å². The van der Waals surface area contributed by atoms with Gasteiger partial charge in [0.1, 0.15) is 12.2 Å². The van der Waals surface area contributed by atoms with Gasteiger partial charge in [-0.1, -0.05) is 5.16 Å². The van der Waals surface area contributed by atoms with Gasteiger partial charge < -0.3 is 9.51 Å². The maximum absolute atomic E-state index is 12.7. The summed E-state index contributed by atoms with van der Waals surface area (Å²) in [6.45, 7) is 1.18. The third kappa shape index (κ3) is 3.12. The number of hydrogen-bond donors (Lipinski definition) is 1.